The number of nitrogens with zero attached hydrogens (tertiary/aromatic N) is 5. The molecule has 1 aromatic heterocycles. The van der Waals surface area contributed by atoms with Gasteiger partial charge in [-0.3, -0.25) is 14.3 Å². The Morgan fingerprint density at radius 2 is 2.02 bits per heavy atom. The summed E-state index contributed by atoms with van der Waals surface area (Å²) in [4.78, 5) is 36.1. The van der Waals surface area contributed by atoms with Crippen molar-refractivity contribution in [2.45, 2.75) is 31.6 Å². The number of aromatic nitrogens is 2. The molecule has 0 spiro atoms. The van der Waals surface area contributed by atoms with Gasteiger partial charge in [0, 0.05) is 67.9 Å². The number of hydrogen-bond acceptors (Lipinski definition) is 6. The zero-order valence-electron chi connectivity index (χ0n) is 22.5. The van der Waals surface area contributed by atoms with Gasteiger partial charge in [-0.15, -0.1) is 0 Å². The number of amides is 1. The third-order valence-corrected chi connectivity index (χ3v) is 8.45. The van der Waals surface area contributed by atoms with Crippen LogP contribution in [0, 0.1) is 11.6 Å². The van der Waals surface area contributed by atoms with E-state index < -0.39 is 29.5 Å². The van der Waals surface area contributed by atoms with E-state index in [2.05, 4.69) is 11.6 Å². The van der Waals surface area contributed by atoms with E-state index in [0.29, 0.717) is 55.9 Å². The summed E-state index contributed by atoms with van der Waals surface area (Å²) in [5, 5.41) is 0.679. The summed E-state index contributed by atoms with van der Waals surface area (Å²) in [7, 11) is 0. The van der Waals surface area contributed by atoms with Gasteiger partial charge in [0.15, 0.2) is 5.75 Å². The molecule has 2 saturated heterocycles. The van der Waals surface area contributed by atoms with Crippen LogP contribution in [0.1, 0.15) is 19.4 Å². The highest BCUT2D eigenvalue weighted by atomic mass is 35.5. The minimum absolute atomic E-state index is 0.0360. The number of hydrogen-bond donors (Lipinski definition) is 0. The molecule has 12 heteroatoms. The van der Waals surface area contributed by atoms with Gasteiger partial charge in [0.1, 0.15) is 30.2 Å². The fourth-order valence-corrected chi connectivity index (χ4v) is 6.50. The maximum Gasteiger partial charge on any atom is 0.350 e. The van der Waals surface area contributed by atoms with E-state index in [9.17, 15) is 18.4 Å². The first-order chi connectivity index (χ1) is 19.7. The van der Waals surface area contributed by atoms with Crippen molar-refractivity contribution in [1.82, 2.24) is 19.4 Å². The van der Waals surface area contributed by atoms with E-state index in [1.807, 2.05) is 16.7 Å². The first-order valence-corrected chi connectivity index (χ1v) is 14.0. The van der Waals surface area contributed by atoms with Crippen LogP contribution in [0.25, 0.3) is 22.0 Å². The zero-order chi connectivity index (χ0) is 29.0. The fourth-order valence-electron chi connectivity index (χ4n) is 6.21. The summed E-state index contributed by atoms with van der Waals surface area (Å²) in [6, 6.07) is 4.15. The maximum atomic E-state index is 15.0. The molecule has 1 amide bonds. The van der Waals surface area contributed by atoms with Crippen molar-refractivity contribution < 1.29 is 22.7 Å². The van der Waals surface area contributed by atoms with E-state index in [1.165, 1.54) is 16.7 Å². The molecule has 41 heavy (non-hydrogen) atoms. The summed E-state index contributed by atoms with van der Waals surface area (Å²) in [6.07, 6.45) is 0.769. The molecule has 4 heterocycles. The molecule has 3 aliphatic rings. The number of ether oxygens (including phenoxy) is 1. The monoisotopic (exact) mass is 587 g/mol. The number of alkyl halides is 1. The molecule has 216 valence electrons. The molecule has 0 bridgehead atoms. The van der Waals surface area contributed by atoms with Crippen molar-refractivity contribution in [3.8, 4) is 16.9 Å². The average molecular weight is 588 g/mol. The second-order valence-electron chi connectivity index (χ2n) is 10.8. The second kappa shape index (κ2) is 10.7. The zero-order valence-corrected chi connectivity index (χ0v) is 23.2. The Balaban J connectivity index is 1.53. The number of carbonyl (C=O) groups is 1. The van der Waals surface area contributed by atoms with Gasteiger partial charge in [0.05, 0.1) is 16.6 Å². The van der Waals surface area contributed by atoms with Gasteiger partial charge in [0.25, 0.3) is 0 Å². The smallest absolute Gasteiger partial charge is 0.350 e. The predicted molar refractivity (Wildman–Crippen MR) is 150 cm³/mol. The van der Waals surface area contributed by atoms with E-state index in [0.717, 1.165) is 12.1 Å². The minimum Gasteiger partial charge on any atom is -0.488 e. The molecule has 2 aromatic carbocycles. The highest BCUT2D eigenvalue weighted by Gasteiger charge is 2.35. The molecular formula is C29H29ClF3N5O3. The number of halogens is 4. The molecule has 0 saturated carbocycles. The summed E-state index contributed by atoms with van der Waals surface area (Å²) >= 11 is 6.78. The van der Waals surface area contributed by atoms with Gasteiger partial charge in [-0.25, -0.2) is 18.0 Å². The quantitative estimate of drug-likeness (QED) is 0.417. The molecule has 0 radical (unpaired) electrons. The van der Waals surface area contributed by atoms with Crippen LogP contribution in [0.5, 0.6) is 5.75 Å². The van der Waals surface area contributed by atoms with Gasteiger partial charge in [-0.2, -0.15) is 4.98 Å². The van der Waals surface area contributed by atoms with Crippen molar-refractivity contribution in [1.29, 1.82) is 0 Å². The molecule has 2 unspecified atom stereocenters. The third kappa shape index (κ3) is 4.84. The lowest BCUT2D eigenvalue weighted by molar-refractivity contribution is -0.126. The van der Waals surface area contributed by atoms with Crippen molar-refractivity contribution in [2.24, 2.45) is 0 Å². The third-order valence-electron chi connectivity index (χ3n) is 8.15. The van der Waals surface area contributed by atoms with Crippen LogP contribution >= 0.6 is 11.6 Å². The first kappa shape index (κ1) is 27.6. The predicted octanol–water partition coefficient (Wildman–Crippen LogP) is 4.20. The van der Waals surface area contributed by atoms with E-state index in [1.54, 1.807) is 11.0 Å². The Hall–Kier alpha value is -3.57. The van der Waals surface area contributed by atoms with E-state index >= 15 is 4.39 Å². The summed E-state index contributed by atoms with van der Waals surface area (Å²) < 4.78 is 50.6. The topological polar surface area (TPSA) is 70.9 Å². The highest BCUT2D eigenvalue weighted by Crippen LogP contribution is 2.47. The lowest BCUT2D eigenvalue weighted by Gasteiger charge is -2.41. The summed E-state index contributed by atoms with van der Waals surface area (Å²) in [5.41, 5.74) is 0.114. The van der Waals surface area contributed by atoms with E-state index in [-0.39, 0.29) is 47.0 Å². The number of likely N-dealkylation sites (tertiary alicyclic amines) is 1. The first-order valence-electron chi connectivity index (χ1n) is 13.6. The number of benzene rings is 2. The van der Waals surface area contributed by atoms with Gasteiger partial charge in [-0.05, 0) is 37.6 Å². The molecular weight excluding hydrogens is 559 g/mol. The van der Waals surface area contributed by atoms with Crippen LogP contribution in [0.2, 0.25) is 5.02 Å². The molecule has 8 nitrogen and oxygen atoms in total. The van der Waals surface area contributed by atoms with Gasteiger partial charge in [-0.1, -0.05) is 18.2 Å². The van der Waals surface area contributed by atoms with Crippen molar-refractivity contribution >= 4 is 34.2 Å². The number of anilines is 1. The SMILES string of the molecule is C=CC(=O)N1CCN(c2nc(=O)n3c4c(c(-c5ccc(F)cc5F)c(Cl)cc24)OCC3CN2CCC(F)C2)[C@@H](C)C1. The normalized spacial score (nSPS) is 22.7. The van der Waals surface area contributed by atoms with Crippen LogP contribution in [-0.4, -0.2) is 83.3 Å². The highest BCUT2D eigenvalue weighted by molar-refractivity contribution is 6.35. The van der Waals surface area contributed by atoms with Crippen molar-refractivity contribution in [3.63, 3.8) is 0 Å². The number of carbonyl (C=O) groups excluding carboxylic acids is 1. The largest absolute Gasteiger partial charge is 0.488 e. The van der Waals surface area contributed by atoms with Crippen LogP contribution in [0.15, 0.2) is 41.7 Å². The van der Waals surface area contributed by atoms with Crippen LogP contribution < -0.4 is 15.3 Å². The van der Waals surface area contributed by atoms with Gasteiger partial charge < -0.3 is 14.5 Å². The molecule has 0 N–H and O–H groups in total. The molecule has 6 rings (SSSR count). The Morgan fingerprint density at radius 3 is 2.71 bits per heavy atom. The Labute approximate surface area is 239 Å². The number of piperazine rings is 1. The Kier molecular flexibility index (Phi) is 7.19. The molecule has 0 aliphatic carbocycles. The Bertz CT molecular complexity index is 1620. The molecule has 3 atom stereocenters. The average Bonchev–Trinajstić information content (AvgIpc) is 3.35. The van der Waals surface area contributed by atoms with Gasteiger partial charge >= 0.3 is 5.69 Å². The minimum atomic E-state index is -0.927. The maximum absolute atomic E-state index is 15.0. The van der Waals surface area contributed by atoms with Crippen molar-refractivity contribution in [2.75, 3.05) is 50.8 Å². The second-order valence-corrected chi connectivity index (χ2v) is 11.2. The van der Waals surface area contributed by atoms with E-state index in [4.69, 9.17) is 16.3 Å². The van der Waals surface area contributed by atoms with Crippen LogP contribution in [0.3, 0.4) is 0 Å². The van der Waals surface area contributed by atoms with Crippen LogP contribution in [0.4, 0.5) is 19.0 Å². The number of rotatable bonds is 5. The Morgan fingerprint density at radius 1 is 1.22 bits per heavy atom. The van der Waals surface area contributed by atoms with Crippen LogP contribution in [-0.2, 0) is 4.79 Å². The standard InChI is InChI=1S/C29H29ClF3N5O3/c1-3-24(39)36-8-9-37(16(2)12-36)28-21-11-22(30)25(20-5-4-17(31)10-23(20)33)27-26(21)38(29(40)34-28)19(15-41-27)14-35-7-6-18(32)13-35/h3-5,10-11,16,18-19H,1,6-9,12-15H2,2H3/t16-,18?,19?/m0/s1. The summed E-state index contributed by atoms with van der Waals surface area (Å²) in [6.45, 7) is 7.96. The molecule has 3 aromatic rings. The van der Waals surface area contributed by atoms with Crippen molar-refractivity contribution in [3.05, 3.63) is 64.1 Å². The van der Waals surface area contributed by atoms with Gasteiger partial charge in [0.2, 0.25) is 5.91 Å². The molecule has 2 fully saturated rings. The lowest BCUT2D eigenvalue weighted by atomic mass is 9.99. The lowest BCUT2D eigenvalue weighted by Crippen LogP contribution is -2.54. The summed E-state index contributed by atoms with van der Waals surface area (Å²) in [5.74, 6) is -1.15. The fraction of sp³-hybridized carbons (Fsp3) is 0.414. The molecule has 3 aliphatic heterocycles.